The number of nitrogens with one attached hydrogen (secondary N) is 1. The van der Waals surface area contributed by atoms with E-state index in [0.29, 0.717) is 12.1 Å². The monoisotopic (exact) mass is 265 g/mol. The third-order valence-electron chi connectivity index (χ3n) is 2.86. The molecule has 0 saturated carbocycles. The number of hydrogen-bond donors (Lipinski definition) is 2. The highest BCUT2D eigenvalue weighted by atomic mass is 16.5. The zero-order valence-electron chi connectivity index (χ0n) is 11.4. The lowest BCUT2D eigenvalue weighted by atomic mass is 10.0. The lowest BCUT2D eigenvalue weighted by Gasteiger charge is -2.23. The predicted molar refractivity (Wildman–Crippen MR) is 71.2 cm³/mol. The molecule has 1 aromatic carbocycles. The average molecular weight is 265 g/mol. The Bertz CT molecular complexity index is 468. The van der Waals surface area contributed by atoms with Crippen molar-refractivity contribution in [2.75, 3.05) is 13.7 Å². The third-order valence-corrected chi connectivity index (χ3v) is 2.86. The zero-order chi connectivity index (χ0) is 14.5. The summed E-state index contributed by atoms with van der Waals surface area (Å²) < 4.78 is 5.19. The van der Waals surface area contributed by atoms with Crippen molar-refractivity contribution in [1.29, 1.82) is 0 Å². The molecule has 0 heterocycles. The summed E-state index contributed by atoms with van der Waals surface area (Å²) in [7, 11) is 1.58. The van der Waals surface area contributed by atoms with Crippen molar-refractivity contribution in [2.24, 2.45) is 0 Å². The van der Waals surface area contributed by atoms with Crippen molar-refractivity contribution in [2.45, 2.75) is 25.9 Å². The fourth-order valence-corrected chi connectivity index (χ4v) is 1.50. The zero-order valence-corrected chi connectivity index (χ0v) is 11.4. The molecule has 0 unspecified atom stereocenters. The van der Waals surface area contributed by atoms with E-state index < -0.39 is 11.6 Å². The normalized spacial score (nSPS) is 11.1. The van der Waals surface area contributed by atoms with Crippen molar-refractivity contribution < 1.29 is 19.4 Å². The second kappa shape index (κ2) is 6.33. The van der Waals surface area contributed by atoms with Gasteiger partial charge in [-0.1, -0.05) is 18.2 Å². The van der Waals surface area contributed by atoms with Crippen LogP contribution in [0.4, 0.5) is 0 Å². The number of hydrogen-bond acceptors (Lipinski definition) is 3. The van der Waals surface area contributed by atoms with Gasteiger partial charge in [-0.25, -0.2) is 4.79 Å². The van der Waals surface area contributed by atoms with Gasteiger partial charge in [0.25, 0.3) is 0 Å². The molecule has 1 aromatic rings. The van der Waals surface area contributed by atoms with Crippen LogP contribution in [0.1, 0.15) is 29.8 Å². The highest BCUT2D eigenvalue weighted by Gasteiger charge is 2.18. The average Bonchev–Trinajstić information content (AvgIpc) is 2.37. The van der Waals surface area contributed by atoms with Gasteiger partial charge >= 0.3 is 5.97 Å². The molecule has 5 nitrogen and oxygen atoms in total. The predicted octanol–water partition coefficient (Wildman–Crippen LogP) is 1.47. The van der Waals surface area contributed by atoms with Gasteiger partial charge in [-0.2, -0.15) is 0 Å². The molecule has 0 bridgehead atoms. The fourth-order valence-electron chi connectivity index (χ4n) is 1.50. The topological polar surface area (TPSA) is 75.6 Å². The Balaban J connectivity index is 2.65. The van der Waals surface area contributed by atoms with Gasteiger partial charge in [-0.15, -0.1) is 0 Å². The summed E-state index contributed by atoms with van der Waals surface area (Å²) >= 11 is 0. The van der Waals surface area contributed by atoms with Crippen LogP contribution >= 0.6 is 0 Å². The molecule has 0 spiro atoms. The van der Waals surface area contributed by atoms with E-state index >= 15 is 0 Å². The molecule has 0 aliphatic carbocycles. The summed E-state index contributed by atoms with van der Waals surface area (Å²) in [5.74, 6) is -1.25. The Hall–Kier alpha value is -1.88. The van der Waals surface area contributed by atoms with E-state index in [1.165, 1.54) is 6.07 Å². The minimum Gasteiger partial charge on any atom is -0.478 e. The molecule has 0 atom stereocenters. The third kappa shape index (κ3) is 4.71. The molecule has 0 aromatic heterocycles. The number of methoxy groups -OCH3 is 1. The largest absolute Gasteiger partial charge is 0.478 e. The van der Waals surface area contributed by atoms with Crippen molar-refractivity contribution in [3.05, 3.63) is 35.4 Å². The fraction of sp³-hybridized carbons (Fsp3) is 0.429. The molecule has 1 amide bonds. The number of benzene rings is 1. The van der Waals surface area contributed by atoms with Gasteiger partial charge in [-0.05, 0) is 25.5 Å². The molecule has 0 fully saturated rings. The molecular formula is C14H19NO4. The number of carbonyl (C=O) groups excluding carboxylic acids is 1. The second-order valence-corrected chi connectivity index (χ2v) is 4.88. The van der Waals surface area contributed by atoms with Crippen LogP contribution in [0.2, 0.25) is 0 Å². The number of ether oxygens (including phenoxy) is 1. The second-order valence-electron chi connectivity index (χ2n) is 4.88. The quantitative estimate of drug-likeness (QED) is 0.816. The van der Waals surface area contributed by atoms with Crippen LogP contribution in [-0.4, -0.2) is 36.2 Å². The maximum absolute atomic E-state index is 11.8. The molecular weight excluding hydrogens is 246 g/mol. The van der Waals surface area contributed by atoms with Crippen molar-refractivity contribution >= 4 is 11.9 Å². The minimum atomic E-state index is -1.03. The lowest BCUT2D eigenvalue weighted by Crippen LogP contribution is -2.40. The van der Waals surface area contributed by atoms with Crippen molar-refractivity contribution in [1.82, 2.24) is 5.32 Å². The van der Waals surface area contributed by atoms with Crippen LogP contribution < -0.4 is 5.32 Å². The SMILES string of the molecule is COC(C)(C)CNC(=O)Cc1ccccc1C(=O)O. The van der Waals surface area contributed by atoms with E-state index in [9.17, 15) is 9.59 Å². The maximum atomic E-state index is 11.8. The molecule has 0 aliphatic heterocycles. The molecule has 1 rings (SSSR count). The number of carboxylic acid groups (broad SMARTS) is 1. The smallest absolute Gasteiger partial charge is 0.335 e. The highest BCUT2D eigenvalue weighted by Crippen LogP contribution is 2.10. The number of rotatable bonds is 6. The number of amides is 1. The first-order valence-corrected chi connectivity index (χ1v) is 5.99. The highest BCUT2D eigenvalue weighted by molar-refractivity contribution is 5.91. The van der Waals surface area contributed by atoms with Crippen LogP contribution in [0.3, 0.4) is 0 Å². The van der Waals surface area contributed by atoms with Crippen LogP contribution in [-0.2, 0) is 16.0 Å². The van der Waals surface area contributed by atoms with Crippen molar-refractivity contribution in [3.8, 4) is 0 Å². The van der Waals surface area contributed by atoms with Crippen molar-refractivity contribution in [3.63, 3.8) is 0 Å². The standard InChI is InChI=1S/C14H19NO4/c1-14(2,19-3)9-15-12(16)8-10-6-4-5-7-11(10)13(17)18/h4-7H,8-9H2,1-3H3,(H,15,16)(H,17,18). The molecule has 0 aliphatic rings. The summed E-state index contributed by atoms with van der Waals surface area (Å²) in [6.07, 6.45) is 0.0439. The lowest BCUT2D eigenvalue weighted by molar-refractivity contribution is -0.121. The first-order chi connectivity index (χ1) is 8.85. The van der Waals surface area contributed by atoms with Gasteiger partial charge in [0.2, 0.25) is 5.91 Å². The summed E-state index contributed by atoms with van der Waals surface area (Å²) in [5.41, 5.74) is 0.216. The van der Waals surface area contributed by atoms with Crippen LogP contribution in [0, 0.1) is 0 Å². The Kier molecular flexibility index (Phi) is 5.06. The number of carbonyl (C=O) groups is 2. The van der Waals surface area contributed by atoms with Crippen LogP contribution in [0.5, 0.6) is 0 Å². The van der Waals surface area contributed by atoms with Gasteiger partial charge in [0.1, 0.15) is 0 Å². The van der Waals surface area contributed by atoms with Crippen LogP contribution in [0.15, 0.2) is 24.3 Å². The number of carboxylic acids is 1. The Morgan fingerprint density at radius 3 is 2.53 bits per heavy atom. The van der Waals surface area contributed by atoms with Gasteiger partial charge in [0.05, 0.1) is 17.6 Å². The number of aromatic carboxylic acids is 1. The molecule has 104 valence electrons. The van der Waals surface area contributed by atoms with Gasteiger partial charge in [0.15, 0.2) is 0 Å². The first kappa shape index (κ1) is 15.2. The molecule has 0 saturated heterocycles. The van der Waals surface area contributed by atoms with E-state index in [0.717, 1.165) is 0 Å². The van der Waals surface area contributed by atoms with E-state index in [1.54, 1.807) is 25.3 Å². The Morgan fingerprint density at radius 2 is 1.95 bits per heavy atom. The van der Waals surface area contributed by atoms with Gasteiger partial charge < -0.3 is 15.2 Å². The Morgan fingerprint density at radius 1 is 1.32 bits per heavy atom. The minimum absolute atomic E-state index is 0.0439. The maximum Gasteiger partial charge on any atom is 0.335 e. The summed E-state index contributed by atoms with van der Waals surface area (Å²) in [6.45, 7) is 4.09. The molecule has 19 heavy (non-hydrogen) atoms. The van der Waals surface area contributed by atoms with E-state index in [-0.39, 0.29) is 17.9 Å². The first-order valence-electron chi connectivity index (χ1n) is 5.99. The van der Waals surface area contributed by atoms with E-state index in [4.69, 9.17) is 9.84 Å². The molecule has 0 radical (unpaired) electrons. The molecule has 2 N–H and O–H groups in total. The summed E-state index contributed by atoms with van der Waals surface area (Å²) in [6, 6.07) is 6.49. The summed E-state index contributed by atoms with van der Waals surface area (Å²) in [4.78, 5) is 22.8. The van der Waals surface area contributed by atoms with E-state index in [2.05, 4.69) is 5.32 Å². The van der Waals surface area contributed by atoms with Gasteiger partial charge in [-0.3, -0.25) is 4.79 Å². The van der Waals surface area contributed by atoms with Gasteiger partial charge in [0, 0.05) is 13.7 Å². The summed E-state index contributed by atoms with van der Waals surface area (Å²) in [5, 5.41) is 11.8. The Labute approximate surface area is 112 Å². The molecule has 5 heteroatoms. The van der Waals surface area contributed by atoms with E-state index in [1.807, 2.05) is 13.8 Å². The van der Waals surface area contributed by atoms with Crippen LogP contribution in [0.25, 0.3) is 0 Å².